The van der Waals surface area contributed by atoms with Gasteiger partial charge >= 0.3 is 0 Å². The van der Waals surface area contributed by atoms with E-state index in [-0.39, 0.29) is 0 Å². The van der Waals surface area contributed by atoms with Gasteiger partial charge in [-0.15, -0.1) is 0 Å². The van der Waals surface area contributed by atoms with Crippen LogP contribution in [0.3, 0.4) is 0 Å². The van der Waals surface area contributed by atoms with E-state index in [4.69, 9.17) is 0 Å². The van der Waals surface area contributed by atoms with Crippen molar-refractivity contribution in [1.82, 2.24) is 0 Å². The molecule has 2 aromatic rings. The third-order valence-electron chi connectivity index (χ3n) is 6.04. The maximum absolute atomic E-state index is 2.48. The van der Waals surface area contributed by atoms with Crippen molar-refractivity contribution in [3.63, 3.8) is 0 Å². The Balaban J connectivity index is 2.75. The number of hydrogen-bond acceptors (Lipinski definition) is 0. The number of fused-ring (bicyclic) bond motifs is 1. The zero-order valence-corrected chi connectivity index (χ0v) is 18.7. The molecule has 2 aromatic carbocycles. The highest BCUT2D eigenvalue weighted by atomic mass is 14.2. The van der Waals surface area contributed by atoms with Gasteiger partial charge in [-0.25, -0.2) is 0 Å². The first-order chi connectivity index (χ1) is 13.2. The summed E-state index contributed by atoms with van der Waals surface area (Å²) in [6.07, 6.45) is 15.5. The first-order valence-electron chi connectivity index (χ1n) is 11.7. The lowest BCUT2D eigenvalue weighted by Crippen LogP contribution is -2.08. The van der Waals surface area contributed by atoms with Gasteiger partial charge in [0.15, 0.2) is 0 Å². The SMILES string of the molecule is CCCCc1c(CCCC)c(CCCC)c2cc(C)ccc2c1CCCC. The Hall–Kier alpha value is -1.30. The Kier molecular flexibility index (Phi) is 9.39. The highest BCUT2D eigenvalue weighted by Gasteiger charge is 2.18. The fraction of sp³-hybridized carbons (Fsp3) is 0.630. The molecule has 0 N–H and O–H groups in total. The molecule has 0 fully saturated rings. The number of unbranched alkanes of at least 4 members (excludes halogenated alkanes) is 4. The maximum atomic E-state index is 2.48. The minimum Gasteiger partial charge on any atom is -0.0654 e. The fourth-order valence-corrected chi connectivity index (χ4v) is 4.45. The Bertz CT molecular complexity index is 708. The van der Waals surface area contributed by atoms with Crippen LogP contribution in [-0.4, -0.2) is 0 Å². The third kappa shape index (κ3) is 5.59. The largest absolute Gasteiger partial charge is 0.0654 e. The average molecular weight is 367 g/mol. The predicted molar refractivity (Wildman–Crippen MR) is 123 cm³/mol. The molecule has 0 heteroatoms. The molecular formula is C27H42. The van der Waals surface area contributed by atoms with Crippen LogP contribution in [-0.2, 0) is 25.7 Å². The molecule has 0 aliphatic carbocycles. The van der Waals surface area contributed by atoms with E-state index in [1.807, 2.05) is 0 Å². The summed E-state index contributed by atoms with van der Waals surface area (Å²) in [5, 5.41) is 3.13. The van der Waals surface area contributed by atoms with Crippen molar-refractivity contribution >= 4 is 10.8 Å². The van der Waals surface area contributed by atoms with Gasteiger partial charge in [0.25, 0.3) is 0 Å². The van der Waals surface area contributed by atoms with Gasteiger partial charge in [-0.2, -0.15) is 0 Å². The van der Waals surface area contributed by atoms with Gasteiger partial charge in [-0.1, -0.05) is 77.1 Å². The monoisotopic (exact) mass is 366 g/mol. The Labute approximate surface area is 168 Å². The molecule has 0 aromatic heterocycles. The lowest BCUT2D eigenvalue weighted by Gasteiger charge is -2.23. The van der Waals surface area contributed by atoms with Crippen molar-refractivity contribution in [1.29, 1.82) is 0 Å². The Morgan fingerprint density at radius 3 is 1.37 bits per heavy atom. The number of benzene rings is 2. The van der Waals surface area contributed by atoms with Gasteiger partial charge in [0.2, 0.25) is 0 Å². The third-order valence-corrected chi connectivity index (χ3v) is 6.04. The van der Waals surface area contributed by atoms with Crippen molar-refractivity contribution in [2.45, 2.75) is 112 Å². The Morgan fingerprint density at radius 1 is 0.519 bits per heavy atom. The quantitative estimate of drug-likeness (QED) is 0.353. The van der Waals surface area contributed by atoms with Crippen LogP contribution in [0.15, 0.2) is 18.2 Å². The molecule has 0 aliphatic rings. The summed E-state index contributed by atoms with van der Waals surface area (Å²) >= 11 is 0. The van der Waals surface area contributed by atoms with Gasteiger partial charge < -0.3 is 0 Å². The normalized spacial score (nSPS) is 11.4. The summed E-state index contributed by atoms with van der Waals surface area (Å²) in [6, 6.07) is 7.25. The first-order valence-corrected chi connectivity index (χ1v) is 11.7. The lowest BCUT2D eigenvalue weighted by atomic mass is 9.81. The molecule has 27 heavy (non-hydrogen) atoms. The van der Waals surface area contributed by atoms with Crippen LogP contribution in [0.2, 0.25) is 0 Å². The summed E-state index contributed by atoms with van der Waals surface area (Å²) < 4.78 is 0. The summed E-state index contributed by atoms with van der Waals surface area (Å²) in [7, 11) is 0. The van der Waals surface area contributed by atoms with Crippen LogP contribution in [0, 0.1) is 6.92 Å². The molecule has 0 radical (unpaired) electrons. The van der Waals surface area contributed by atoms with Gasteiger partial charge in [-0.3, -0.25) is 0 Å². The lowest BCUT2D eigenvalue weighted by molar-refractivity contribution is 0.724. The minimum absolute atomic E-state index is 1.25. The summed E-state index contributed by atoms with van der Waals surface area (Å²) in [6.45, 7) is 11.6. The zero-order valence-electron chi connectivity index (χ0n) is 18.7. The fourth-order valence-electron chi connectivity index (χ4n) is 4.45. The van der Waals surface area contributed by atoms with Crippen LogP contribution >= 0.6 is 0 Å². The van der Waals surface area contributed by atoms with E-state index < -0.39 is 0 Å². The number of hydrogen-bond donors (Lipinski definition) is 0. The number of rotatable bonds is 12. The molecule has 2 rings (SSSR count). The van der Waals surface area contributed by atoms with Gasteiger partial charge in [-0.05, 0) is 91.3 Å². The first kappa shape index (κ1) is 22.0. The van der Waals surface area contributed by atoms with Crippen molar-refractivity contribution in [2.24, 2.45) is 0 Å². The van der Waals surface area contributed by atoms with Gasteiger partial charge in [0.1, 0.15) is 0 Å². The van der Waals surface area contributed by atoms with Gasteiger partial charge in [0, 0.05) is 0 Å². The van der Waals surface area contributed by atoms with Crippen LogP contribution in [0.5, 0.6) is 0 Å². The molecule has 150 valence electrons. The van der Waals surface area contributed by atoms with Crippen LogP contribution in [0.4, 0.5) is 0 Å². The zero-order chi connectivity index (χ0) is 19.6. The Morgan fingerprint density at radius 2 is 0.926 bits per heavy atom. The molecule has 0 spiro atoms. The van der Waals surface area contributed by atoms with E-state index in [2.05, 4.69) is 52.8 Å². The highest BCUT2D eigenvalue weighted by molar-refractivity contribution is 5.92. The summed E-state index contributed by atoms with van der Waals surface area (Å²) in [5.74, 6) is 0. The van der Waals surface area contributed by atoms with E-state index in [0.29, 0.717) is 0 Å². The molecule has 0 aliphatic heterocycles. The van der Waals surface area contributed by atoms with E-state index in [9.17, 15) is 0 Å². The van der Waals surface area contributed by atoms with Crippen LogP contribution in [0.1, 0.15) is 107 Å². The smallest absolute Gasteiger partial charge is 0.0144 e. The highest BCUT2D eigenvalue weighted by Crippen LogP contribution is 2.35. The molecule has 0 saturated heterocycles. The van der Waals surface area contributed by atoms with Crippen molar-refractivity contribution < 1.29 is 0 Å². The van der Waals surface area contributed by atoms with Crippen molar-refractivity contribution in [2.75, 3.05) is 0 Å². The van der Waals surface area contributed by atoms with Crippen molar-refractivity contribution in [3.8, 4) is 0 Å². The van der Waals surface area contributed by atoms with Crippen LogP contribution < -0.4 is 0 Å². The van der Waals surface area contributed by atoms with Crippen LogP contribution in [0.25, 0.3) is 10.8 Å². The predicted octanol–water partition coefficient (Wildman–Crippen LogP) is 8.52. The van der Waals surface area contributed by atoms with E-state index in [0.717, 1.165) is 0 Å². The molecule has 0 heterocycles. The van der Waals surface area contributed by atoms with Gasteiger partial charge in [0.05, 0.1) is 0 Å². The standard InChI is InChI=1S/C27H42/c1-6-10-14-22-23(15-11-7-2)25(17-13-9-4)27-20-21(5)18-19-26(27)24(22)16-12-8-3/h18-20H,6-17H2,1-5H3. The topological polar surface area (TPSA) is 0 Å². The van der Waals surface area contributed by atoms with E-state index in [1.165, 1.54) is 82.6 Å². The molecular weight excluding hydrogens is 324 g/mol. The minimum atomic E-state index is 1.25. The summed E-state index contributed by atoms with van der Waals surface area (Å²) in [4.78, 5) is 0. The number of aryl methyl sites for hydroxylation is 3. The molecule has 0 nitrogen and oxygen atoms in total. The van der Waals surface area contributed by atoms with Crippen molar-refractivity contribution in [3.05, 3.63) is 46.0 Å². The van der Waals surface area contributed by atoms with E-state index >= 15 is 0 Å². The second-order valence-electron chi connectivity index (χ2n) is 8.38. The molecule has 0 bridgehead atoms. The molecule has 0 atom stereocenters. The second-order valence-corrected chi connectivity index (χ2v) is 8.38. The second kappa shape index (κ2) is 11.5. The molecule has 0 unspecified atom stereocenters. The molecule has 0 amide bonds. The summed E-state index contributed by atoms with van der Waals surface area (Å²) in [5.41, 5.74) is 8.26. The van der Waals surface area contributed by atoms with E-state index in [1.54, 1.807) is 33.0 Å². The average Bonchev–Trinajstić information content (AvgIpc) is 2.68. The molecule has 0 saturated carbocycles. The maximum Gasteiger partial charge on any atom is -0.0144 e.